The topological polar surface area (TPSA) is 17.1 Å². The molecule has 0 bridgehead atoms. The molecule has 19 heavy (non-hydrogen) atoms. The van der Waals surface area contributed by atoms with E-state index >= 15 is 0 Å². The average Bonchev–Trinajstić information content (AvgIpc) is 2.42. The molecule has 0 atom stereocenters. The van der Waals surface area contributed by atoms with Crippen molar-refractivity contribution >= 4 is 17.5 Å². The number of hydrogen-bond acceptors (Lipinski definition) is 2. The first kappa shape index (κ1) is 16.3. The van der Waals surface area contributed by atoms with Gasteiger partial charge in [-0.15, -0.1) is 11.8 Å². The fourth-order valence-electron chi connectivity index (χ4n) is 1.94. The van der Waals surface area contributed by atoms with Crippen molar-refractivity contribution in [1.82, 2.24) is 0 Å². The highest BCUT2D eigenvalue weighted by molar-refractivity contribution is 7.99. The number of rotatable bonds is 9. The van der Waals surface area contributed by atoms with Crippen LogP contribution in [0.1, 0.15) is 63.2 Å². The first-order chi connectivity index (χ1) is 9.15. The van der Waals surface area contributed by atoms with Gasteiger partial charge in [0.05, 0.1) is 0 Å². The number of thioether (sulfide) groups is 1. The molecular weight excluding hydrogens is 252 g/mol. The summed E-state index contributed by atoms with van der Waals surface area (Å²) in [6, 6.07) is 8.07. The first-order valence-corrected chi connectivity index (χ1v) is 8.40. The van der Waals surface area contributed by atoms with Crippen LogP contribution in [-0.2, 0) is 0 Å². The zero-order chi connectivity index (χ0) is 14.1. The smallest absolute Gasteiger partial charge is 0.165 e. The minimum atomic E-state index is 0.0806. The van der Waals surface area contributed by atoms with E-state index < -0.39 is 0 Å². The maximum Gasteiger partial charge on any atom is 0.165 e. The molecule has 0 radical (unpaired) electrons. The van der Waals surface area contributed by atoms with Crippen LogP contribution in [0.2, 0.25) is 0 Å². The summed E-state index contributed by atoms with van der Waals surface area (Å²) in [6.07, 6.45) is 6.65. The van der Waals surface area contributed by atoms with E-state index in [9.17, 15) is 4.79 Å². The molecule has 1 nitrogen and oxygen atoms in total. The molecule has 0 saturated heterocycles. The lowest BCUT2D eigenvalue weighted by atomic mass is 10.0. The lowest BCUT2D eigenvalue weighted by molar-refractivity contribution is 0.0939. The van der Waals surface area contributed by atoms with Gasteiger partial charge in [0.2, 0.25) is 0 Å². The third-order valence-electron chi connectivity index (χ3n) is 3.18. The standard InChI is InChI=1S/C17H26OS/c1-4-5-6-7-8-13-19-16-11-9-15(10-12-16)17(18)14(2)3/h9-12,14H,4-8,13H2,1-3H3. The van der Waals surface area contributed by atoms with Crippen molar-refractivity contribution in [1.29, 1.82) is 0 Å². The Labute approximate surface area is 122 Å². The van der Waals surface area contributed by atoms with E-state index in [1.54, 1.807) is 0 Å². The summed E-state index contributed by atoms with van der Waals surface area (Å²) < 4.78 is 0. The summed E-state index contributed by atoms with van der Waals surface area (Å²) in [6.45, 7) is 6.14. The highest BCUT2D eigenvalue weighted by atomic mass is 32.2. The van der Waals surface area contributed by atoms with Crippen LogP contribution >= 0.6 is 11.8 Å². The third-order valence-corrected chi connectivity index (χ3v) is 4.28. The zero-order valence-corrected chi connectivity index (χ0v) is 13.3. The molecule has 0 fully saturated rings. The summed E-state index contributed by atoms with van der Waals surface area (Å²) in [5, 5.41) is 0. The molecule has 0 heterocycles. The highest BCUT2D eigenvalue weighted by Gasteiger charge is 2.09. The van der Waals surface area contributed by atoms with Crippen molar-refractivity contribution in [3.05, 3.63) is 29.8 Å². The van der Waals surface area contributed by atoms with Crippen LogP contribution in [0.15, 0.2) is 29.2 Å². The molecule has 2 heteroatoms. The van der Waals surface area contributed by atoms with E-state index in [0.717, 1.165) is 5.56 Å². The molecule has 0 unspecified atom stereocenters. The first-order valence-electron chi connectivity index (χ1n) is 7.42. The van der Waals surface area contributed by atoms with Crippen molar-refractivity contribution in [3.8, 4) is 0 Å². The van der Waals surface area contributed by atoms with Crippen LogP contribution in [-0.4, -0.2) is 11.5 Å². The molecule has 0 aromatic heterocycles. The van der Waals surface area contributed by atoms with Gasteiger partial charge in [0.1, 0.15) is 0 Å². The monoisotopic (exact) mass is 278 g/mol. The van der Waals surface area contributed by atoms with Crippen LogP contribution in [0, 0.1) is 5.92 Å². The van der Waals surface area contributed by atoms with Crippen LogP contribution in [0.4, 0.5) is 0 Å². The van der Waals surface area contributed by atoms with E-state index in [4.69, 9.17) is 0 Å². The Balaban J connectivity index is 2.30. The number of benzene rings is 1. The number of carbonyl (C=O) groups excluding carboxylic acids is 1. The second-order valence-corrected chi connectivity index (χ2v) is 6.47. The van der Waals surface area contributed by atoms with Gasteiger partial charge in [0.15, 0.2) is 5.78 Å². The lowest BCUT2D eigenvalue weighted by Crippen LogP contribution is -2.06. The van der Waals surface area contributed by atoms with Gasteiger partial charge >= 0.3 is 0 Å². The average molecular weight is 278 g/mol. The predicted molar refractivity (Wildman–Crippen MR) is 85.1 cm³/mol. The minimum Gasteiger partial charge on any atom is -0.294 e. The maximum absolute atomic E-state index is 11.8. The highest BCUT2D eigenvalue weighted by Crippen LogP contribution is 2.21. The van der Waals surface area contributed by atoms with Crippen molar-refractivity contribution in [2.24, 2.45) is 5.92 Å². The summed E-state index contributed by atoms with van der Waals surface area (Å²) in [7, 11) is 0. The third kappa shape index (κ3) is 6.29. The summed E-state index contributed by atoms with van der Waals surface area (Å²) in [4.78, 5) is 13.1. The van der Waals surface area contributed by atoms with E-state index in [0.29, 0.717) is 0 Å². The molecule has 0 N–H and O–H groups in total. The number of unbranched alkanes of at least 4 members (excludes halogenated alkanes) is 4. The molecule has 1 rings (SSSR count). The molecule has 0 saturated carbocycles. The molecule has 0 amide bonds. The van der Waals surface area contributed by atoms with Gasteiger partial charge in [-0.3, -0.25) is 4.79 Å². The van der Waals surface area contributed by atoms with Gasteiger partial charge in [0.25, 0.3) is 0 Å². The molecule has 1 aromatic rings. The molecular formula is C17H26OS. The van der Waals surface area contributed by atoms with Gasteiger partial charge in [-0.05, 0) is 24.3 Å². The number of hydrogen-bond donors (Lipinski definition) is 0. The maximum atomic E-state index is 11.8. The Hall–Kier alpha value is -0.760. The SMILES string of the molecule is CCCCCCCSc1ccc(C(=O)C(C)C)cc1. The van der Waals surface area contributed by atoms with Gasteiger partial charge in [-0.1, -0.05) is 58.6 Å². The quantitative estimate of drug-likeness (QED) is 0.333. The van der Waals surface area contributed by atoms with Crippen LogP contribution in [0.3, 0.4) is 0 Å². The normalized spacial score (nSPS) is 10.9. The summed E-state index contributed by atoms with van der Waals surface area (Å²) in [5.74, 6) is 1.49. The van der Waals surface area contributed by atoms with E-state index in [-0.39, 0.29) is 11.7 Å². The van der Waals surface area contributed by atoms with Crippen LogP contribution in [0.25, 0.3) is 0 Å². The van der Waals surface area contributed by atoms with Gasteiger partial charge in [0, 0.05) is 16.4 Å². The molecule has 0 aliphatic rings. The Morgan fingerprint density at radius 1 is 1.05 bits per heavy atom. The van der Waals surface area contributed by atoms with Crippen molar-refractivity contribution < 1.29 is 4.79 Å². The van der Waals surface area contributed by atoms with Crippen molar-refractivity contribution in [2.75, 3.05) is 5.75 Å². The van der Waals surface area contributed by atoms with Crippen molar-refractivity contribution in [3.63, 3.8) is 0 Å². The second kappa shape index (κ2) is 9.19. The van der Waals surface area contributed by atoms with Crippen molar-refractivity contribution in [2.45, 2.75) is 57.8 Å². The Bertz CT molecular complexity index is 367. The zero-order valence-electron chi connectivity index (χ0n) is 12.4. The molecule has 0 aliphatic carbocycles. The van der Waals surface area contributed by atoms with E-state index in [1.165, 1.54) is 42.8 Å². The predicted octanol–water partition coefficient (Wildman–Crippen LogP) is 5.59. The Morgan fingerprint density at radius 2 is 1.68 bits per heavy atom. The largest absolute Gasteiger partial charge is 0.294 e. The van der Waals surface area contributed by atoms with Gasteiger partial charge in [-0.2, -0.15) is 0 Å². The molecule has 0 spiro atoms. The minimum absolute atomic E-state index is 0.0806. The van der Waals surface area contributed by atoms with Gasteiger partial charge < -0.3 is 0 Å². The fourth-order valence-corrected chi connectivity index (χ4v) is 2.86. The van der Waals surface area contributed by atoms with Crippen LogP contribution < -0.4 is 0 Å². The fraction of sp³-hybridized carbons (Fsp3) is 0.588. The lowest BCUT2D eigenvalue weighted by Gasteiger charge is -2.06. The molecule has 0 aliphatic heterocycles. The number of carbonyl (C=O) groups is 1. The molecule has 1 aromatic carbocycles. The summed E-state index contributed by atoms with van der Waals surface area (Å²) >= 11 is 1.90. The number of Topliss-reactive ketones (excluding diaryl/α,β-unsaturated/α-hetero) is 1. The van der Waals surface area contributed by atoms with E-state index in [2.05, 4.69) is 19.1 Å². The Morgan fingerprint density at radius 3 is 2.26 bits per heavy atom. The molecule has 106 valence electrons. The Kier molecular flexibility index (Phi) is 7.88. The van der Waals surface area contributed by atoms with Gasteiger partial charge in [-0.25, -0.2) is 0 Å². The number of ketones is 1. The second-order valence-electron chi connectivity index (χ2n) is 5.31. The summed E-state index contributed by atoms with van der Waals surface area (Å²) in [5.41, 5.74) is 0.835. The van der Waals surface area contributed by atoms with E-state index in [1.807, 2.05) is 37.7 Å². The van der Waals surface area contributed by atoms with Crippen LogP contribution in [0.5, 0.6) is 0 Å².